The SMILES string of the molecule is CC1(S(=O)(=O)O)C=CC2CC3OC4CC5OC6CC7C=CC(C)(S(=O)(=O)O)C=CC7CC6OC5CC4OC3CC2C=C1. The van der Waals surface area contributed by atoms with Crippen molar-refractivity contribution < 1.29 is 44.9 Å². The first-order valence-electron chi connectivity index (χ1n) is 15.0. The first-order chi connectivity index (χ1) is 19.7. The van der Waals surface area contributed by atoms with Crippen molar-refractivity contribution in [2.75, 3.05) is 0 Å². The number of ether oxygens (including phenoxy) is 4. The lowest BCUT2D eigenvalue weighted by Gasteiger charge is -2.54. The maximum Gasteiger partial charge on any atom is 0.277 e. The number of fused-ring (bicyclic) bond motifs is 6. The molecule has 0 amide bonds. The van der Waals surface area contributed by atoms with Crippen LogP contribution in [0.25, 0.3) is 0 Å². The van der Waals surface area contributed by atoms with E-state index in [-0.39, 0.29) is 72.5 Å². The van der Waals surface area contributed by atoms with E-state index in [1.165, 1.54) is 13.8 Å². The summed E-state index contributed by atoms with van der Waals surface area (Å²) in [5, 5.41) is 0. The zero-order valence-electron chi connectivity index (χ0n) is 23.8. The van der Waals surface area contributed by atoms with Gasteiger partial charge in [0.25, 0.3) is 20.2 Å². The number of allylic oxidation sites excluding steroid dienone is 4. The molecule has 2 N–H and O–H groups in total. The molecule has 2 saturated heterocycles. The Labute approximate surface area is 247 Å². The Morgan fingerprint density at radius 2 is 0.690 bits per heavy atom. The molecule has 0 spiro atoms. The molecule has 3 saturated carbocycles. The molecule has 12 heteroatoms. The summed E-state index contributed by atoms with van der Waals surface area (Å²) in [6, 6.07) is 0. The van der Waals surface area contributed by atoms with Crippen LogP contribution in [0.3, 0.4) is 0 Å². The smallest absolute Gasteiger partial charge is 0.277 e. The van der Waals surface area contributed by atoms with Gasteiger partial charge in [0.05, 0.1) is 48.8 Å². The fraction of sp³-hybridized carbons (Fsp3) is 0.733. The van der Waals surface area contributed by atoms with Crippen LogP contribution in [0.15, 0.2) is 48.6 Å². The van der Waals surface area contributed by atoms with Crippen LogP contribution in [0.5, 0.6) is 0 Å². The third kappa shape index (κ3) is 4.99. The van der Waals surface area contributed by atoms with Gasteiger partial charge in [0.2, 0.25) is 0 Å². The normalized spacial score (nSPS) is 51.5. The molecule has 0 aromatic rings. The quantitative estimate of drug-likeness (QED) is 0.346. The molecule has 0 bridgehead atoms. The van der Waals surface area contributed by atoms with Crippen LogP contribution in [0, 0.1) is 23.7 Å². The third-order valence-electron chi connectivity index (χ3n) is 10.9. The molecule has 7 rings (SSSR count). The van der Waals surface area contributed by atoms with Gasteiger partial charge in [-0.2, -0.15) is 16.8 Å². The van der Waals surface area contributed by atoms with Gasteiger partial charge in [-0.05, 0) is 63.2 Å². The fourth-order valence-electron chi connectivity index (χ4n) is 8.09. The first kappa shape index (κ1) is 29.3. The van der Waals surface area contributed by atoms with Crippen molar-refractivity contribution in [3.8, 4) is 0 Å². The Balaban J connectivity index is 1.03. The Kier molecular flexibility index (Phi) is 7.03. The van der Waals surface area contributed by atoms with E-state index in [0.29, 0.717) is 38.5 Å². The topological polar surface area (TPSA) is 146 Å². The maximum absolute atomic E-state index is 12.0. The minimum atomic E-state index is -4.28. The molecule has 5 fully saturated rings. The van der Waals surface area contributed by atoms with E-state index in [2.05, 4.69) is 0 Å². The van der Waals surface area contributed by atoms with Crippen LogP contribution >= 0.6 is 0 Å². The molecule has 0 radical (unpaired) electrons. The van der Waals surface area contributed by atoms with Gasteiger partial charge in [0.15, 0.2) is 0 Å². The van der Waals surface area contributed by atoms with E-state index in [9.17, 15) is 25.9 Å². The second-order valence-corrected chi connectivity index (χ2v) is 17.3. The summed E-state index contributed by atoms with van der Waals surface area (Å²) in [4.78, 5) is 0. The molecule has 0 aromatic heterocycles. The van der Waals surface area contributed by atoms with Crippen LogP contribution in [0.2, 0.25) is 0 Å². The standard InChI is InChI=1S/C30H40O10S2/c1-29(41(31,32)33)7-3-17-11-21-22(12-18(17)4-8-29)38-26-16-28-27(15-25(26)37-21)39-23-13-19-5-9-30(2,42(34,35)36)10-6-20(19)14-24(23)40-28/h3-10,17-28H,11-16H2,1-2H3,(H,31,32,33)(H,34,35,36). The van der Waals surface area contributed by atoms with Crippen LogP contribution in [-0.4, -0.2) is 84.3 Å². The van der Waals surface area contributed by atoms with E-state index in [4.69, 9.17) is 18.9 Å². The molecule has 12 atom stereocenters. The van der Waals surface area contributed by atoms with Crippen LogP contribution < -0.4 is 0 Å². The number of hydrogen-bond acceptors (Lipinski definition) is 8. The van der Waals surface area contributed by atoms with E-state index in [1.807, 2.05) is 24.3 Å². The second kappa shape index (κ2) is 10.1. The van der Waals surface area contributed by atoms with E-state index < -0.39 is 29.7 Å². The average molecular weight is 625 g/mol. The lowest BCUT2D eigenvalue weighted by Crippen LogP contribution is -2.62. The Morgan fingerprint density at radius 1 is 0.476 bits per heavy atom. The minimum absolute atomic E-state index is 0.0946. The molecule has 7 aliphatic rings. The molecule has 10 nitrogen and oxygen atoms in total. The monoisotopic (exact) mass is 624 g/mol. The van der Waals surface area contributed by atoms with E-state index >= 15 is 0 Å². The van der Waals surface area contributed by atoms with Crippen LogP contribution in [0.1, 0.15) is 52.4 Å². The summed E-state index contributed by atoms with van der Waals surface area (Å²) in [7, 11) is -8.56. The molecule has 42 heavy (non-hydrogen) atoms. The summed E-state index contributed by atoms with van der Waals surface area (Å²) in [5.41, 5.74) is 0. The fourth-order valence-corrected chi connectivity index (χ4v) is 9.09. The van der Waals surface area contributed by atoms with Gasteiger partial charge in [-0.15, -0.1) is 0 Å². The summed E-state index contributed by atoms with van der Waals surface area (Å²) in [5.74, 6) is 0.378. The minimum Gasteiger partial charge on any atom is -0.369 e. The van der Waals surface area contributed by atoms with Crippen LogP contribution in [0.4, 0.5) is 0 Å². The number of hydrogen-bond donors (Lipinski definition) is 2. The maximum atomic E-state index is 12.0. The van der Waals surface area contributed by atoms with Crippen molar-refractivity contribution in [2.24, 2.45) is 23.7 Å². The Morgan fingerprint density at radius 3 is 0.905 bits per heavy atom. The van der Waals surface area contributed by atoms with Crippen molar-refractivity contribution >= 4 is 20.2 Å². The lowest BCUT2D eigenvalue weighted by molar-refractivity contribution is -0.306. The lowest BCUT2D eigenvalue weighted by atomic mass is 9.74. The summed E-state index contributed by atoms with van der Waals surface area (Å²) < 4.78 is 91.3. The molecule has 232 valence electrons. The summed E-state index contributed by atoms with van der Waals surface area (Å²) >= 11 is 0. The molecule has 2 aliphatic heterocycles. The van der Waals surface area contributed by atoms with Gasteiger partial charge >= 0.3 is 0 Å². The van der Waals surface area contributed by atoms with Gasteiger partial charge in [-0.25, -0.2) is 0 Å². The molecule has 2 heterocycles. The molecule has 0 aromatic carbocycles. The largest absolute Gasteiger partial charge is 0.369 e. The second-order valence-electron chi connectivity index (χ2n) is 13.7. The van der Waals surface area contributed by atoms with Crippen molar-refractivity contribution in [1.29, 1.82) is 0 Å². The molecular formula is C30H40O10S2. The van der Waals surface area contributed by atoms with Gasteiger partial charge < -0.3 is 18.9 Å². The average Bonchev–Trinajstić information content (AvgIpc) is 3.19. The number of rotatable bonds is 2. The molecule has 5 aliphatic carbocycles. The molecule has 12 unspecified atom stereocenters. The molecular weight excluding hydrogens is 584 g/mol. The zero-order chi connectivity index (χ0) is 29.7. The van der Waals surface area contributed by atoms with E-state index in [1.54, 1.807) is 24.3 Å². The first-order valence-corrected chi connectivity index (χ1v) is 17.9. The van der Waals surface area contributed by atoms with Crippen LogP contribution in [-0.2, 0) is 39.2 Å². The predicted molar refractivity (Wildman–Crippen MR) is 153 cm³/mol. The predicted octanol–water partition coefficient (Wildman–Crippen LogP) is 3.42. The highest BCUT2D eigenvalue weighted by atomic mass is 32.2. The zero-order valence-corrected chi connectivity index (χ0v) is 25.4. The summed E-state index contributed by atoms with van der Waals surface area (Å²) in [6.45, 7) is 3.00. The Bertz CT molecular complexity index is 1260. The van der Waals surface area contributed by atoms with Crippen molar-refractivity contribution in [3.05, 3.63) is 48.6 Å². The van der Waals surface area contributed by atoms with Crippen molar-refractivity contribution in [1.82, 2.24) is 0 Å². The van der Waals surface area contributed by atoms with Crippen molar-refractivity contribution in [3.63, 3.8) is 0 Å². The van der Waals surface area contributed by atoms with Gasteiger partial charge in [0, 0.05) is 12.8 Å². The third-order valence-corrected chi connectivity index (χ3v) is 13.7. The van der Waals surface area contributed by atoms with Crippen molar-refractivity contribution in [2.45, 2.75) is 111 Å². The van der Waals surface area contributed by atoms with Gasteiger partial charge in [0.1, 0.15) is 9.49 Å². The van der Waals surface area contributed by atoms with Gasteiger partial charge in [-0.1, -0.05) is 48.6 Å². The highest BCUT2D eigenvalue weighted by Crippen LogP contribution is 2.48. The highest BCUT2D eigenvalue weighted by molar-refractivity contribution is 7.87. The highest BCUT2D eigenvalue weighted by Gasteiger charge is 2.53. The Hall–Kier alpha value is -1.38. The summed E-state index contributed by atoms with van der Waals surface area (Å²) in [6.07, 6.45) is 17.2. The van der Waals surface area contributed by atoms with E-state index in [0.717, 1.165) is 0 Å². The van der Waals surface area contributed by atoms with Gasteiger partial charge in [-0.3, -0.25) is 9.11 Å².